The van der Waals surface area contributed by atoms with Gasteiger partial charge in [-0.1, -0.05) is 31.2 Å². The summed E-state index contributed by atoms with van der Waals surface area (Å²) in [5.74, 6) is 0.162. The van der Waals surface area contributed by atoms with Crippen LogP contribution in [0.5, 0.6) is 0 Å². The summed E-state index contributed by atoms with van der Waals surface area (Å²) in [6, 6.07) is 7.90. The maximum atomic E-state index is 12.0. The van der Waals surface area contributed by atoms with E-state index in [0.29, 0.717) is 6.54 Å². The zero-order valence-corrected chi connectivity index (χ0v) is 12.2. The second-order valence-electron chi connectivity index (χ2n) is 5.10. The van der Waals surface area contributed by atoms with Crippen molar-refractivity contribution in [1.82, 2.24) is 10.2 Å². The third kappa shape index (κ3) is 4.71. The Kier molecular flexibility index (Phi) is 6.18. The molecule has 110 valence electrons. The highest BCUT2D eigenvalue weighted by Crippen LogP contribution is 2.05. The zero-order chi connectivity index (χ0) is 14.2. The van der Waals surface area contributed by atoms with Crippen LogP contribution in [0.2, 0.25) is 0 Å². The molecule has 1 fully saturated rings. The van der Waals surface area contributed by atoms with Crippen LogP contribution in [0.1, 0.15) is 22.8 Å². The first kappa shape index (κ1) is 15.2. The summed E-state index contributed by atoms with van der Waals surface area (Å²) in [6.45, 7) is 7.98. The van der Waals surface area contributed by atoms with E-state index in [1.165, 1.54) is 5.56 Å². The number of hydrogen-bond donors (Lipinski definition) is 1. The average Bonchev–Trinajstić information content (AvgIpc) is 2.52. The van der Waals surface area contributed by atoms with Gasteiger partial charge in [0.1, 0.15) is 0 Å². The quantitative estimate of drug-likeness (QED) is 0.603. The maximum absolute atomic E-state index is 12.0. The molecule has 20 heavy (non-hydrogen) atoms. The highest BCUT2D eigenvalue weighted by molar-refractivity contribution is 5.97. The summed E-state index contributed by atoms with van der Waals surface area (Å²) < 4.78 is 5.30. The van der Waals surface area contributed by atoms with Crippen LogP contribution in [-0.4, -0.2) is 56.6 Å². The topological polar surface area (TPSA) is 41.6 Å². The molecule has 2 rings (SSSR count). The van der Waals surface area contributed by atoms with Crippen LogP contribution in [0, 0.1) is 0 Å². The number of carbonyl (C=O) groups is 1. The first-order valence-corrected chi connectivity index (χ1v) is 7.42. The summed E-state index contributed by atoms with van der Waals surface area (Å²) >= 11 is 0. The summed E-state index contributed by atoms with van der Waals surface area (Å²) in [4.78, 5) is 14.4. The zero-order valence-electron chi connectivity index (χ0n) is 12.2. The Morgan fingerprint density at radius 3 is 2.60 bits per heavy atom. The van der Waals surface area contributed by atoms with E-state index in [9.17, 15) is 4.79 Å². The lowest BCUT2D eigenvalue weighted by atomic mass is 10.1. The van der Waals surface area contributed by atoms with Crippen molar-refractivity contribution in [2.75, 3.05) is 45.9 Å². The minimum absolute atomic E-state index is 0.162. The van der Waals surface area contributed by atoms with Gasteiger partial charge in [0.05, 0.1) is 19.8 Å². The van der Waals surface area contributed by atoms with Crippen molar-refractivity contribution in [3.63, 3.8) is 0 Å². The normalized spacial score (nSPS) is 16.2. The standard InChI is InChI=1S/C16H24N2O2/c1-2-14-3-5-15(6-4-14)16(19)13-17-7-8-18-9-11-20-12-10-18/h3-6,17H,2,7-13H2,1H3. The monoisotopic (exact) mass is 276 g/mol. The van der Waals surface area contributed by atoms with Crippen molar-refractivity contribution in [3.8, 4) is 0 Å². The third-order valence-electron chi connectivity index (χ3n) is 3.68. The molecular weight excluding hydrogens is 252 g/mol. The van der Waals surface area contributed by atoms with E-state index in [1.807, 2.05) is 24.3 Å². The predicted octanol–water partition coefficient (Wildman–Crippen LogP) is 1.35. The van der Waals surface area contributed by atoms with Crippen LogP contribution in [0.4, 0.5) is 0 Å². The fraction of sp³-hybridized carbons (Fsp3) is 0.562. The number of hydrogen-bond acceptors (Lipinski definition) is 4. The summed E-state index contributed by atoms with van der Waals surface area (Å²) in [5.41, 5.74) is 2.06. The van der Waals surface area contributed by atoms with Crippen molar-refractivity contribution in [2.45, 2.75) is 13.3 Å². The van der Waals surface area contributed by atoms with E-state index in [0.717, 1.165) is 51.4 Å². The summed E-state index contributed by atoms with van der Waals surface area (Å²) in [7, 11) is 0. The number of benzene rings is 1. The van der Waals surface area contributed by atoms with Crippen LogP contribution in [0.25, 0.3) is 0 Å². The van der Waals surface area contributed by atoms with E-state index >= 15 is 0 Å². The van der Waals surface area contributed by atoms with Gasteiger partial charge >= 0.3 is 0 Å². The van der Waals surface area contributed by atoms with Crippen LogP contribution >= 0.6 is 0 Å². The highest BCUT2D eigenvalue weighted by Gasteiger charge is 2.10. The van der Waals surface area contributed by atoms with Crippen molar-refractivity contribution in [2.24, 2.45) is 0 Å². The van der Waals surface area contributed by atoms with Crippen LogP contribution < -0.4 is 5.32 Å². The molecule has 0 aromatic heterocycles. The Bertz CT molecular complexity index is 411. The Morgan fingerprint density at radius 2 is 1.95 bits per heavy atom. The van der Waals surface area contributed by atoms with Gasteiger partial charge in [0.2, 0.25) is 0 Å². The van der Waals surface area contributed by atoms with Crippen LogP contribution in [0.15, 0.2) is 24.3 Å². The van der Waals surface area contributed by atoms with Crippen molar-refractivity contribution in [1.29, 1.82) is 0 Å². The van der Waals surface area contributed by atoms with Crippen LogP contribution in [-0.2, 0) is 11.2 Å². The fourth-order valence-corrected chi connectivity index (χ4v) is 2.29. The smallest absolute Gasteiger partial charge is 0.176 e. The highest BCUT2D eigenvalue weighted by atomic mass is 16.5. The average molecular weight is 276 g/mol. The molecule has 1 heterocycles. The second kappa shape index (κ2) is 8.15. The molecule has 1 saturated heterocycles. The van der Waals surface area contributed by atoms with E-state index < -0.39 is 0 Å². The molecule has 0 bridgehead atoms. The number of Topliss-reactive ketones (excluding diaryl/α,β-unsaturated/α-hetero) is 1. The molecule has 1 aromatic rings. The number of ketones is 1. The van der Waals surface area contributed by atoms with Gasteiger partial charge in [-0.25, -0.2) is 0 Å². The van der Waals surface area contributed by atoms with E-state index in [4.69, 9.17) is 4.74 Å². The molecular formula is C16H24N2O2. The predicted molar refractivity (Wildman–Crippen MR) is 80.3 cm³/mol. The number of carbonyl (C=O) groups excluding carboxylic acids is 1. The van der Waals surface area contributed by atoms with Crippen molar-refractivity contribution in [3.05, 3.63) is 35.4 Å². The van der Waals surface area contributed by atoms with Gasteiger partial charge < -0.3 is 10.1 Å². The number of nitrogens with one attached hydrogen (secondary N) is 1. The Balaban J connectivity index is 1.66. The molecule has 0 spiro atoms. The minimum atomic E-state index is 0.162. The fourth-order valence-electron chi connectivity index (χ4n) is 2.29. The Hall–Kier alpha value is -1.23. The molecule has 1 aromatic carbocycles. The first-order chi connectivity index (χ1) is 9.79. The van der Waals surface area contributed by atoms with Gasteiger partial charge in [0.15, 0.2) is 5.78 Å². The van der Waals surface area contributed by atoms with Gasteiger partial charge in [-0.3, -0.25) is 9.69 Å². The molecule has 0 atom stereocenters. The SMILES string of the molecule is CCc1ccc(C(=O)CNCCN2CCOCC2)cc1. The molecule has 0 radical (unpaired) electrons. The number of rotatable bonds is 7. The molecule has 1 aliphatic rings. The summed E-state index contributed by atoms with van der Waals surface area (Å²) in [5, 5.41) is 3.23. The van der Waals surface area contributed by atoms with Gasteiger partial charge in [-0.2, -0.15) is 0 Å². The lowest BCUT2D eigenvalue weighted by Crippen LogP contribution is -2.41. The first-order valence-electron chi connectivity index (χ1n) is 7.42. The molecule has 1 aliphatic heterocycles. The van der Waals surface area contributed by atoms with E-state index in [-0.39, 0.29) is 5.78 Å². The van der Waals surface area contributed by atoms with Gasteiger partial charge in [0, 0.05) is 31.7 Å². The van der Waals surface area contributed by atoms with Gasteiger partial charge in [0.25, 0.3) is 0 Å². The second-order valence-corrected chi connectivity index (χ2v) is 5.10. The Morgan fingerprint density at radius 1 is 1.25 bits per heavy atom. The maximum Gasteiger partial charge on any atom is 0.176 e. The van der Waals surface area contributed by atoms with Crippen molar-refractivity contribution >= 4 is 5.78 Å². The minimum Gasteiger partial charge on any atom is -0.379 e. The molecule has 1 N–H and O–H groups in total. The number of morpholine rings is 1. The molecule has 4 nitrogen and oxygen atoms in total. The van der Waals surface area contributed by atoms with Gasteiger partial charge in [-0.05, 0) is 12.0 Å². The number of nitrogens with zero attached hydrogens (tertiary/aromatic N) is 1. The summed E-state index contributed by atoms with van der Waals surface area (Å²) in [6.07, 6.45) is 1.01. The Labute approximate surface area is 121 Å². The molecule has 0 amide bonds. The molecule has 4 heteroatoms. The lowest BCUT2D eigenvalue weighted by Gasteiger charge is -2.26. The van der Waals surface area contributed by atoms with Crippen molar-refractivity contribution < 1.29 is 9.53 Å². The largest absolute Gasteiger partial charge is 0.379 e. The molecule has 0 saturated carbocycles. The third-order valence-corrected chi connectivity index (χ3v) is 3.68. The van der Waals surface area contributed by atoms with Crippen LogP contribution in [0.3, 0.4) is 0 Å². The lowest BCUT2D eigenvalue weighted by molar-refractivity contribution is 0.0384. The number of aryl methyl sites for hydroxylation is 1. The van der Waals surface area contributed by atoms with E-state index in [2.05, 4.69) is 17.1 Å². The van der Waals surface area contributed by atoms with E-state index in [1.54, 1.807) is 0 Å². The van der Waals surface area contributed by atoms with Gasteiger partial charge in [-0.15, -0.1) is 0 Å². The molecule has 0 aliphatic carbocycles. The molecule has 0 unspecified atom stereocenters. The number of ether oxygens (including phenoxy) is 1.